The van der Waals surface area contributed by atoms with E-state index in [1.54, 1.807) is 13.2 Å². The summed E-state index contributed by atoms with van der Waals surface area (Å²) in [6.45, 7) is 4.15. The molecule has 0 aliphatic rings. The number of hydrogen-bond acceptors (Lipinski definition) is 3. The highest BCUT2D eigenvalue weighted by molar-refractivity contribution is 6.31. The highest BCUT2D eigenvalue weighted by atomic mass is 35.5. The Kier molecular flexibility index (Phi) is 6.56. The van der Waals surface area contributed by atoms with Gasteiger partial charge in [0.25, 0.3) is 0 Å². The van der Waals surface area contributed by atoms with Crippen LogP contribution < -0.4 is 14.8 Å². The van der Waals surface area contributed by atoms with Crippen molar-refractivity contribution in [2.24, 2.45) is 0 Å². The molecule has 0 amide bonds. The van der Waals surface area contributed by atoms with E-state index in [0.29, 0.717) is 23.9 Å². The van der Waals surface area contributed by atoms with Crippen LogP contribution in [-0.4, -0.2) is 20.3 Å². The van der Waals surface area contributed by atoms with Crippen LogP contribution in [0.2, 0.25) is 5.02 Å². The van der Waals surface area contributed by atoms with Gasteiger partial charge in [0.2, 0.25) is 0 Å². The first kappa shape index (κ1) is 16.7. The van der Waals surface area contributed by atoms with Crippen LogP contribution in [0.1, 0.15) is 18.1 Å². The fraction of sp³-hybridized carbons (Fsp3) is 0.333. The van der Waals surface area contributed by atoms with Gasteiger partial charge in [-0.25, -0.2) is 0 Å². The number of nitrogens with one attached hydrogen (secondary N) is 1. The lowest BCUT2D eigenvalue weighted by Gasteiger charge is -2.13. The van der Waals surface area contributed by atoms with E-state index in [9.17, 15) is 0 Å². The average Bonchev–Trinajstić information content (AvgIpc) is 2.55. The molecule has 0 atom stereocenters. The Hall–Kier alpha value is -1.71. The van der Waals surface area contributed by atoms with E-state index < -0.39 is 0 Å². The lowest BCUT2D eigenvalue weighted by molar-refractivity contribution is 0.310. The molecule has 1 N–H and O–H groups in total. The van der Waals surface area contributed by atoms with Crippen molar-refractivity contribution < 1.29 is 9.47 Å². The molecule has 0 aliphatic carbocycles. The summed E-state index contributed by atoms with van der Waals surface area (Å²) in [5.74, 6) is 1.40. The molecule has 2 rings (SSSR count). The molecule has 0 spiro atoms. The van der Waals surface area contributed by atoms with Gasteiger partial charge in [-0.15, -0.1) is 0 Å². The molecule has 0 unspecified atom stereocenters. The number of hydrogen-bond donors (Lipinski definition) is 1. The van der Waals surface area contributed by atoms with Crippen LogP contribution in [-0.2, 0) is 13.0 Å². The quantitative estimate of drug-likeness (QED) is 0.744. The molecule has 3 nitrogen and oxygen atoms in total. The van der Waals surface area contributed by atoms with Gasteiger partial charge in [0.1, 0.15) is 0 Å². The second-order valence-electron chi connectivity index (χ2n) is 4.94. The van der Waals surface area contributed by atoms with Crippen molar-refractivity contribution in [3.8, 4) is 11.5 Å². The molecule has 0 aliphatic heterocycles. The van der Waals surface area contributed by atoms with Crippen molar-refractivity contribution in [2.75, 3.05) is 20.3 Å². The van der Waals surface area contributed by atoms with E-state index in [0.717, 1.165) is 24.3 Å². The van der Waals surface area contributed by atoms with Gasteiger partial charge in [-0.2, -0.15) is 0 Å². The van der Waals surface area contributed by atoms with Crippen LogP contribution in [0.25, 0.3) is 0 Å². The summed E-state index contributed by atoms with van der Waals surface area (Å²) in [6.07, 6.45) is 0.993. The van der Waals surface area contributed by atoms with Crippen LogP contribution in [0.3, 0.4) is 0 Å². The van der Waals surface area contributed by atoms with Gasteiger partial charge in [0.15, 0.2) is 11.5 Å². The number of ether oxygens (including phenoxy) is 2. The summed E-state index contributed by atoms with van der Waals surface area (Å²) in [5, 5.41) is 4.10. The minimum atomic E-state index is 0.596. The van der Waals surface area contributed by atoms with Gasteiger partial charge >= 0.3 is 0 Å². The van der Waals surface area contributed by atoms with Crippen LogP contribution in [0.5, 0.6) is 11.5 Å². The molecule has 22 heavy (non-hydrogen) atoms. The summed E-state index contributed by atoms with van der Waals surface area (Å²) in [5.41, 5.74) is 2.34. The van der Waals surface area contributed by atoms with Crippen LogP contribution in [0.15, 0.2) is 42.5 Å². The van der Waals surface area contributed by atoms with E-state index in [-0.39, 0.29) is 0 Å². The first-order chi connectivity index (χ1) is 10.7. The maximum atomic E-state index is 6.30. The van der Waals surface area contributed by atoms with Gasteiger partial charge in [-0.3, -0.25) is 0 Å². The third kappa shape index (κ3) is 4.65. The fourth-order valence-corrected chi connectivity index (χ4v) is 2.46. The Morgan fingerprint density at radius 1 is 1.09 bits per heavy atom. The summed E-state index contributed by atoms with van der Waals surface area (Å²) < 4.78 is 10.9. The molecule has 2 aromatic rings. The molecule has 0 fully saturated rings. The number of halogens is 1. The van der Waals surface area contributed by atoms with Crippen molar-refractivity contribution in [1.82, 2.24) is 5.32 Å². The van der Waals surface area contributed by atoms with Crippen LogP contribution in [0, 0.1) is 0 Å². The van der Waals surface area contributed by atoms with E-state index in [4.69, 9.17) is 21.1 Å². The van der Waals surface area contributed by atoms with Crippen LogP contribution >= 0.6 is 11.6 Å². The highest BCUT2D eigenvalue weighted by Gasteiger charge is 2.10. The van der Waals surface area contributed by atoms with Crippen molar-refractivity contribution in [1.29, 1.82) is 0 Å². The van der Waals surface area contributed by atoms with E-state index in [2.05, 4.69) is 29.6 Å². The van der Waals surface area contributed by atoms with Gasteiger partial charge in [-0.05, 0) is 37.1 Å². The van der Waals surface area contributed by atoms with Crippen LogP contribution in [0.4, 0.5) is 0 Å². The van der Waals surface area contributed by atoms with E-state index >= 15 is 0 Å². The van der Waals surface area contributed by atoms with E-state index in [1.165, 1.54) is 5.56 Å². The maximum Gasteiger partial charge on any atom is 0.162 e. The van der Waals surface area contributed by atoms with E-state index in [1.807, 2.05) is 19.1 Å². The molecular weight excluding hydrogens is 298 g/mol. The van der Waals surface area contributed by atoms with Gasteiger partial charge in [0, 0.05) is 17.6 Å². The van der Waals surface area contributed by atoms with Crippen molar-refractivity contribution in [2.45, 2.75) is 19.9 Å². The molecule has 0 heterocycles. The predicted octanol–water partition coefficient (Wildman–Crippen LogP) is 4.08. The normalized spacial score (nSPS) is 10.5. The molecular formula is C18H22ClNO2. The molecule has 118 valence electrons. The Balaban J connectivity index is 1.93. The average molecular weight is 320 g/mol. The topological polar surface area (TPSA) is 30.5 Å². The molecule has 2 aromatic carbocycles. The zero-order valence-corrected chi connectivity index (χ0v) is 13.8. The summed E-state index contributed by atoms with van der Waals surface area (Å²) in [6, 6.07) is 14.2. The standard InChI is InChI=1S/C18H22ClNO2/c1-3-22-18-11-15(16(19)12-17(18)21-2)13-20-10-9-14-7-5-4-6-8-14/h4-8,11-12,20H,3,9-10,13H2,1-2H3. The number of benzene rings is 2. The molecule has 4 heteroatoms. The third-order valence-corrected chi connectivity index (χ3v) is 3.73. The minimum Gasteiger partial charge on any atom is -0.493 e. The first-order valence-corrected chi connectivity index (χ1v) is 7.86. The lowest BCUT2D eigenvalue weighted by Crippen LogP contribution is -2.17. The Morgan fingerprint density at radius 3 is 2.55 bits per heavy atom. The van der Waals surface area contributed by atoms with Crippen molar-refractivity contribution in [3.63, 3.8) is 0 Å². The van der Waals surface area contributed by atoms with Crippen molar-refractivity contribution in [3.05, 3.63) is 58.6 Å². The predicted molar refractivity (Wildman–Crippen MR) is 91.0 cm³/mol. The summed E-state index contributed by atoms with van der Waals surface area (Å²) in [7, 11) is 1.62. The third-order valence-electron chi connectivity index (χ3n) is 3.38. The Labute approximate surface area is 137 Å². The Morgan fingerprint density at radius 2 is 1.86 bits per heavy atom. The smallest absolute Gasteiger partial charge is 0.162 e. The lowest BCUT2D eigenvalue weighted by atomic mass is 10.1. The molecule has 0 saturated heterocycles. The number of rotatable bonds is 8. The first-order valence-electron chi connectivity index (χ1n) is 7.48. The zero-order valence-electron chi connectivity index (χ0n) is 13.1. The Bertz CT molecular complexity index is 587. The maximum absolute atomic E-state index is 6.30. The molecule has 0 saturated carbocycles. The molecule has 0 aromatic heterocycles. The largest absolute Gasteiger partial charge is 0.493 e. The molecule has 0 radical (unpaired) electrons. The summed E-state index contributed by atoms with van der Waals surface area (Å²) >= 11 is 6.30. The minimum absolute atomic E-state index is 0.596. The fourth-order valence-electron chi connectivity index (χ4n) is 2.24. The second-order valence-corrected chi connectivity index (χ2v) is 5.35. The van der Waals surface area contributed by atoms with Gasteiger partial charge in [-0.1, -0.05) is 41.9 Å². The van der Waals surface area contributed by atoms with Gasteiger partial charge in [0.05, 0.1) is 13.7 Å². The second kappa shape index (κ2) is 8.66. The zero-order chi connectivity index (χ0) is 15.8. The highest BCUT2D eigenvalue weighted by Crippen LogP contribution is 2.33. The monoisotopic (exact) mass is 319 g/mol. The summed E-state index contributed by atoms with van der Waals surface area (Å²) in [4.78, 5) is 0. The van der Waals surface area contributed by atoms with Gasteiger partial charge < -0.3 is 14.8 Å². The van der Waals surface area contributed by atoms with Crippen molar-refractivity contribution >= 4 is 11.6 Å². The number of methoxy groups -OCH3 is 1. The SMILES string of the molecule is CCOc1cc(CNCCc2ccccc2)c(Cl)cc1OC. The molecule has 0 bridgehead atoms.